The van der Waals surface area contributed by atoms with Gasteiger partial charge in [-0.25, -0.2) is 0 Å². The standard InChI is InChI=1S/C18H20N2O2/c1-2-8-16(17(19)21)20-18(22)15-12-7-6-11-14(15)13-9-4-3-5-10-13/h3-7,9-12,16H,2,8H2,1H3,(H2,19,21)(H,20,22). The summed E-state index contributed by atoms with van der Waals surface area (Å²) < 4.78 is 0. The predicted octanol–water partition coefficient (Wildman–Crippen LogP) is 2.74. The van der Waals surface area contributed by atoms with E-state index in [-0.39, 0.29) is 5.91 Å². The summed E-state index contributed by atoms with van der Waals surface area (Å²) in [7, 11) is 0. The third-order valence-electron chi connectivity index (χ3n) is 3.48. The molecule has 0 radical (unpaired) electrons. The van der Waals surface area contributed by atoms with Gasteiger partial charge in [-0.3, -0.25) is 9.59 Å². The maximum Gasteiger partial charge on any atom is 0.252 e. The highest BCUT2D eigenvalue weighted by molar-refractivity contribution is 6.02. The second kappa shape index (κ2) is 7.41. The summed E-state index contributed by atoms with van der Waals surface area (Å²) in [4.78, 5) is 23.9. The highest BCUT2D eigenvalue weighted by Gasteiger charge is 2.19. The van der Waals surface area contributed by atoms with Crippen molar-refractivity contribution in [2.24, 2.45) is 5.73 Å². The molecule has 0 aliphatic heterocycles. The molecule has 3 N–H and O–H groups in total. The average Bonchev–Trinajstić information content (AvgIpc) is 2.55. The summed E-state index contributed by atoms with van der Waals surface area (Å²) in [5.41, 5.74) is 7.67. The van der Waals surface area contributed by atoms with E-state index < -0.39 is 11.9 Å². The highest BCUT2D eigenvalue weighted by atomic mass is 16.2. The van der Waals surface area contributed by atoms with E-state index in [1.54, 1.807) is 12.1 Å². The molecule has 114 valence electrons. The zero-order valence-electron chi connectivity index (χ0n) is 12.6. The normalized spacial score (nSPS) is 11.7. The van der Waals surface area contributed by atoms with E-state index >= 15 is 0 Å². The highest BCUT2D eigenvalue weighted by Crippen LogP contribution is 2.23. The maximum absolute atomic E-state index is 12.5. The molecule has 2 aromatic carbocycles. The van der Waals surface area contributed by atoms with E-state index in [0.29, 0.717) is 12.0 Å². The van der Waals surface area contributed by atoms with E-state index in [0.717, 1.165) is 17.5 Å². The lowest BCUT2D eigenvalue weighted by molar-refractivity contribution is -0.120. The van der Waals surface area contributed by atoms with Crippen molar-refractivity contribution in [3.63, 3.8) is 0 Å². The van der Waals surface area contributed by atoms with E-state index in [4.69, 9.17) is 5.73 Å². The summed E-state index contributed by atoms with van der Waals surface area (Å²) in [6.45, 7) is 1.94. The molecule has 2 rings (SSSR count). The summed E-state index contributed by atoms with van der Waals surface area (Å²) in [5.74, 6) is -0.788. The molecular weight excluding hydrogens is 276 g/mol. The minimum atomic E-state index is -0.638. The number of hydrogen-bond acceptors (Lipinski definition) is 2. The van der Waals surface area contributed by atoms with E-state index in [9.17, 15) is 9.59 Å². The van der Waals surface area contributed by atoms with Gasteiger partial charge in [0.05, 0.1) is 0 Å². The Labute approximate surface area is 130 Å². The Balaban J connectivity index is 2.29. The fourth-order valence-electron chi connectivity index (χ4n) is 2.36. The van der Waals surface area contributed by atoms with Gasteiger partial charge in [0.2, 0.25) is 5.91 Å². The van der Waals surface area contributed by atoms with Crippen LogP contribution in [0.5, 0.6) is 0 Å². The third-order valence-corrected chi connectivity index (χ3v) is 3.48. The van der Waals surface area contributed by atoms with Crippen LogP contribution in [0.4, 0.5) is 0 Å². The summed E-state index contributed by atoms with van der Waals surface area (Å²) in [6.07, 6.45) is 1.31. The molecule has 0 fully saturated rings. The molecule has 2 aromatic rings. The van der Waals surface area contributed by atoms with Crippen LogP contribution in [-0.2, 0) is 4.79 Å². The van der Waals surface area contributed by atoms with Crippen molar-refractivity contribution in [2.75, 3.05) is 0 Å². The monoisotopic (exact) mass is 296 g/mol. The number of benzene rings is 2. The molecule has 4 nitrogen and oxygen atoms in total. The topological polar surface area (TPSA) is 72.2 Å². The Morgan fingerprint density at radius 1 is 1.05 bits per heavy atom. The van der Waals surface area contributed by atoms with Crippen molar-refractivity contribution in [3.8, 4) is 11.1 Å². The van der Waals surface area contributed by atoms with E-state index in [1.807, 2.05) is 49.4 Å². The second-order valence-corrected chi connectivity index (χ2v) is 5.13. The van der Waals surface area contributed by atoms with E-state index in [2.05, 4.69) is 5.32 Å². The van der Waals surface area contributed by atoms with Crippen molar-refractivity contribution in [2.45, 2.75) is 25.8 Å². The first-order valence-corrected chi connectivity index (χ1v) is 7.38. The number of amides is 2. The molecule has 0 aliphatic rings. The Kier molecular flexibility index (Phi) is 5.31. The lowest BCUT2D eigenvalue weighted by Gasteiger charge is -2.16. The van der Waals surface area contributed by atoms with Gasteiger partial charge in [-0.15, -0.1) is 0 Å². The number of hydrogen-bond donors (Lipinski definition) is 2. The van der Waals surface area contributed by atoms with Crippen molar-refractivity contribution < 1.29 is 9.59 Å². The fourth-order valence-corrected chi connectivity index (χ4v) is 2.36. The van der Waals surface area contributed by atoms with Gasteiger partial charge in [0.25, 0.3) is 5.91 Å². The average molecular weight is 296 g/mol. The van der Waals surface area contributed by atoms with Crippen molar-refractivity contribution >= 4 is 11.8 Å². The van der Waals surface area contributed by atoms with Crippen LogP contribution in [0.1, 0.15) is 30.1 Å². The number of carbonyl (C=O) groups is 2. The van der Waals surface area contributed by atoms with Gasteiger partial charge in [-0.2, -0.15) is 0 Å². The van der Waals surface area contributed by atoms with Crippen LogP contribution < -0.4 is 11.1 Å². The smallest absolute Gasteiger partial charge is 0.252 e. The zero-order valence-corrected chi connectivity index (χ0v) is 12.6. The minimum Gasteiger partial charge on any atom is -0.368 e. The fraction of sp³-hybridized carbons (Fsp3) is 0.222. The van der Waals surface area contributed by atoms with Gasteiger partial charge >= 0.3 is 0 Å². The molecule has 4 heteroatoms. The molecule has 0 aliphatic carbocycles. The lowest BCUT2D eigenvalue weighted by Crippen LogP contribution is -2.44. The molecule has 0 heterocycles. The van der Waals surface area contributed by atoms with E-state index in [1.165, 1.54) is 0 Å². The number of carbonyl (C=O) groups excluding carboxylic acids is 2. The first kappa shape index (κ1) is 15.8. The quantitative estimate of drug-likeness (QED) is 0.860. The van der Waals surface area contributed by atoms with Crippen molar-refractivity contribution in [1.82, 2.24) is 5.32 Å². The summed E-state index contributed by atoms with van der Waals surface area (Å²) >= 11 is 0. The third kappa shape index (κ3) is 3.73. The molecule has 22 heavy (non-hydrogen) atoms. The van der Waals surface area contributed by atoms with Gasteiger partial charge in [0.15, 0.2) is 0 Å². The Morgan fingerprint density at radius 3 is 2.32 bits per heavy atom. The van der Waals surface area contributed by atoms with Gasteiger partial charge < -0.3 is 11.1 Å². The van der Waals surface area contributed by atoms with Gasteiger partial charge in [-0.05, 0) is 23.6 Å². The molecule has 0 saturated heterocycles. The molecule has 1 atom stereocenters. The molecule has 0 spiro atoms. The molecule has 2 amide bonds. The maximum atomic E-state index is 12.5. The Morgan fingerprint density at radius 2 is 1.68 bits per heavy atom. The van der Waals surface area contributed by atoms with Gasteiger partial charge in [0, 0.05) is 5.56 Å². The SMILES string of the molecule is CCCC(NC(=O)c1ccccc1-c1ccccc1)C(N)=O. The van der Waals surface area contributed by atoms with Gasteiger partial charge in [-0.1, -0.05) is 61.9 Å². The minimum absolute atomic E-state index is 0.281. The first-order chi connectivity index (χ1) is 10.6. The lowest BCUT2D eigenvalue weighted by atomic mass is 9.99. The summed E-state index contributed by atoms with van der Waals surface area (Å²) in [5, 5.41) is 2.73. The first-order valence-electron chi connectivity index (χ1n) is 7.38. The Bertz CT molecular complexity index is 653. The molecule has 1 unspecified atom stereocenters. The largest absolute Gasteiger partial charge is 0.368 e. The van der Waals surface area contributed by atoms with Crippen LogP contribution in [0.3, 0.4) is 0 Å². The molecule has 0 saturated carbocycles. The summed E-state index contributed by atoms with van der Waals surface area (Å²) in [6, 6.07) is 16.4. The molecule has 0 aromatic heterocycles. The van der Waals surface area contributed by atoms with Crippen LogP contribution >= 0.6 is 0 Å². The number of primary amides is 1. The number of nitrogens with one attached hydrogen (secondary N) is 1. The van der Waals surface area contributed by atoms with Crippen molar-refractivity contribution in [3.05, 3.63) is 60.2 Å². The van der Waals surface area contributed by atoms with Crippen LogP contribution in [-0.4, -0.2) is 17.9 Å². The Hall–Kier alpha value is -2.62. The second-order valence-electron chi connectivity index (χ2n) is 5.13. The van der Waals surface area contributed by atoms with Crippen LogP contribution in [0.15, 0.2) is 54.6 Å². The number of rotatable bonds is 6. The van der Waals surface area contributed by atoms with Crippen LogP contribution in [0.2, 0.25) is 0 Å². The van der Waals surface area contributed by atoms with Crippen molar-refractivity contribution in [1.29, 1.82) is 0 Å². The van der Waals surface area contributed by atoms with Crippen LogP contribution in [0, 0.1) is 0 Å². The number of nitrogens with two attached hydrogens (primary N) is 1. The molecule has 0 bridgehead atoms. The van der Waals surface area contributed by atoms with Gasteiger partial charge in [0.1, 0.15) is 6.04 Å². The zero-order chi connectivity index (χ0) is 15.9. The van der Waals surface area contributed by atoms with Crippen LogP contribution in [0.25, 0.3) is 11.1 Å². The predicted molar refractivity (Wildman–Crippen MR) is 87.2 cm³/mol. The molecular formula is C18H20N2O2.